The Hall–Kier alpha value is -1.47. The van der Waals surface area contributed by atoms with Gasteiger partial charge in [0.25, 0.3) is 0 Å². The number of benzene rings is 1. The molecule has 5 nitrogen and oxygen atoms in total. The molecule has 0 spiro atoms. The number of hydrogen-bond acceptors (Lipinski definition) is 3. The number of ether oxygens (including phenoxy) is 1. The van der Waals surface area contributed by atoms with Gasteiger partial charge in [0.05, 0.1) is 16.8 Å². The monoisotopic (exact) mass is 387 g/mol. The van der Waals surface area contributed by atoms with Gasteiger partial charge >= 0.3 is 5.97 Å². The average Bonchev–Trinajstić information content (AvgIpc) is 2.52. The molecular weight excluding hydrogens is 369 g/mol. The number of nitrogens with one attached hydrogen (secondary N) is 1. The summed E-state index contributed by atoms with van der Waals surface area (Å²) >= 11 is 3.07. The minimum Gasteiger partial charge on any atom is -0.481 e. The molecule has 1 amide bonds. The molecule has 1 aromatic carbocycles. The highest BCUT2D eigenvalue weighted by atomic mass is 79.9. The molecule has 1 atom stereocenters. The van der Waals surface area contributed by atoms with E-state index in [4.69, 9.17) is 4.74 Å². The third kappa shape index (κ3) is 5.28. The van der Waals surface area contributed by atoms with E-state index in [1.54, 1.807) is 6.07 Å². The van der Waals surface area contributed by atoms with E-state index in [-0.39, 0.29) is 30.6 Å². The van der Waals surface area contributed by atoms with Crippen molar-refractivity contribution in [1.82, 2.24) is 5.32 Å². The molecule has 1 saturated heterocycles. The van der Waals surface area contributed by atoms with Gasteiger partial charge in [-0.05, 0) is 52.4 Å². The minimum absolute atomic E-state index is 0.0153. The molecule has 0 saturated carbocycles. The molecule has 0 aromatic heterocycles. The summed E-state index contributed by atoms with van der Waals surface area (Å²) in [6, 6.07) is 4.36. The molecule has 1 aliphatic rings. The van der Waals surface area contributed by atoms with Crippen molar-refractivity contribution in [3.63, 3.8) is 0 Å². The van der Waals surface area contributed by atoms with Crippen molar-refractivity contribution in [3.05, 3.63) is 34.1 Å². The summed E-state index contributed by atoms with van der Waals surface area (Å²) < 4.78 is 18.7. The number of carboxylic acids is 1. The molecule has 1 heterocycles. The van der Waals surface area contributed by atoms with Gasteiger partial charge in [-0.3, -0.25) is 9.59 Å². The first-order valence-corrected chi connectivity index (χ1v) is 8.28. The second kappa shape index (κ2) is 8.40. The number of amides is 1. The molecule has 0 aliphatic carbocycles. The van der Waals surface area contributed by atoms with Crippen molar-refractivity contribution >= 4 is 27.8 Å². The summed E-state index contributed by atoms with van der Waals surface area (Å²) in [4.78, 5) is 23.4. The summed E-state index contributed by atoms with van der Waals surface area (Å²) in [6.07, 6.45) is 1.47. The van der Waals surface area contributed by atoms with Gasteiger partial charge in [-0.1, -0.05) is 6.07 Å². The van der Waals surface area contributed by atoms with E-state index >= 15 is 0 Å². The van der Waals surface area contributed by atoms with E-state index < -0.39 is 11.9 Å². The fraction of sp³-hybridized carbons (Fsp3) is 0.500. The van der Waals surface area contributed by atoms with Crippen molar-refractivity contribution in [2.75, 3.05) is 19.8 Å². The average molecular weight is 388 g/mol. The predicted octanol–water partition coefficient (Wildman–Crippen LogP) is 2.37. The van der Waals surface area contributed by atoms with E-state index in [2.05, 4.69) is 21.2 Å². The van der Waals surface area contributed by atoms with E-state index in [1.807, 2.05) is 0 Å². The van der Waals surface area contributed by atoms with Crippen LogP contribution >= 0.6 is 15.9 Å². The first-order valence-electron chi connectivity index (χ1n) is 7.48. The topological polar surface area (TPSA) is 75.6 Å². The van der Waals surface area contributed by atoms with Crippen LogP contribution in [0.4, 0.5) is 4.39 Å². The maximum atomic E-state index is 13.2. The Bertz CT molecular complexity index is 575. The standard InChI is InChI=1S/C16H19BrFNO4/c17-13-7-10(1-2-14(13)18)8-15(20)19-9-12(16(21)22)11-3-5-23-6-4-11/h1-2,7,11-12H,3-6,8-9H2,(H,19,20)(H,21,22). The Balaban J connectivity index is 1.88. The molecule has 2 N–H and O–H groups in total. The Morgan fingerprint density at radius 1 is 1.39 bits per heavy atom. The van der Waals surface area contributed by atoms with E-state index in [0.717, 1.165) is 0 Å². The van der Waals surface area contributed by atoms with E-state index in [1.165, 1.54) is 12.1 Å². The summed E-state index contributed by atoms with van der Waals surface area (Å²) in [5, 5.41) is 12.0. The highest BCUT2D eigenvalue weighted by molar-refractivity contribution is 9.10. The van der Waals surface area contributed by atoms with Gasteiger partial charge in [0.1, 0.15) is 5.82 Å². The second-order valence-electron chi connectivity index (χ2n) is 5.62. The van der Waals surface area contributed by atoms with Crippen LogP contribution in [0.5, 0.6) is 0 Å². The van der Waals surface area contributed by atoms with E-state index in [0.29, 0.717) is 36.1 Å². The number of rotatable bonds is 6. The normalized spacial score (nSPS) is 16.8. The lowest BCUT2D eigenvalue weighted by atomic mass is 9.86. The van der Waals surface area contributed by atoms with Crippen molar-refractivity contribution in [2.45, 2.75) is 19.3 Å². The minimum atomic E-state index is -0.901. The number of halogens is 2. The maximum absolute atomic E-state index is 13.2. The summed E-state index contributed by atoms with van der Waals surface area (Å²) in [7, 11) is 0. The zero-order valence-corrected chi connectivity index (χ0v) is 14.1. The Morgan fingerprint density at radius 3 is 2.70 bits per heavy atom. The molecule has 2 rings (SSSR count). The Morgan fingerprint density at radius 2 is 2.09 bits per heavy atom. The quantitative estimate of drug-likeness (QED) is 0.785. The van der Waals surface area contributed by atoms with Crippen LogP contribution in [0, 0.1) is 17.7 Å². The SMILES string of the molecule is O=C(Cc1ccc(F)c(Br)c1)NCC(C(=O)O)C1CCOCC1. The zero-order chi connectivity index (χ0) is 16.8. The molecular formula is C16H19BrFNO4. The Labute approximate surface area is 142 Å². The van der Waals surface area contributed by atoms with Crippen LogP contribution in [0.15, 0.2) is 22.7 Å². The van der Waals surface area contributed by atoms with Gasteiger partial charge in [0.2, 0.25) is 5.91 Å². The molecule has 1 fully saturated rings. The predicted molar refractivity (Wildman–Crippen MR) is 85.5 cm³/mol. The van der Waals surface area contributed by atoms with Gasteiger partial charge in [-0.25, -0.2) is 4.39 Å². The van der Waals surface area contributed by atoms with Gasteiger partial charge in [-0.2, -0.15) is 0 Å². The third-order valence-corrected chi connectivity index (χ3v) is 4.63. The largest absolute Gasteiger partial charge is 0.481 e. The highest BCUT2D eigenvalue weighted by Crippen LogP contribution is 2.24. The molecule has 7 heteroatoms. The first-order chi connectivity index (χ1) is 11.0. The van der Waals surface area contributed by atoms with Crippen LogP contribution in [-0.4, -0.2) is 36.7 Å². The summed E-state index contributed by atoms with van der Waals surface area (Å²) in [5.41, 5.74) is 0.661. The van der Waals surface area contributed by atoms with Crippen molar-refractivity contribution in [1.29, 1.82) is 0 Å². The third-order valence-electron chi connectivity index (χ3n) is 4.02. The lowest BCUT2D eigenvalue weighted by molar-refractivity contribution is -0.144. The molecule has 0 bridgehead atoms. The molecule has 23 heavy (non-hydrogen) atoms. The summed E-state index contributed by atoms with van der Waals surface area (Å²) in [6.45, 7) is 1.22. The molecule has 1 aromatic rings. The second-order valence-corrected chi connectivity index (χ2v) is 6.48. The number of carbonyl (C=O) groups is 2. The first kappa shape index (κ1) is 17.9. The van der Waals surface area contributed by atoms with E-state index in [9.17, 15) is 19.1 Å². The smallest absolute Gasteiger partial charge is 0.308 e. The highest BCUT2D eigenvalue weighted by Gasteiger charge is 2.29. The van der Waals surface area contributed by atoms with Crippen LogP contribution in [0.25, 0.3) is 0 Å². The van der Waals surface area contributed by atoms with Crippen molar-refractivity contribution in [2.24, 2.45) is 11.8 Å². The number of hydrogen-bond donors (Lipinski definition) is 2. The van der Waals surface area contributed by atoms with Crippen LogP contribution in [0.3, 0.4) is 0 Å². The van der Waals surface area contributed by atoms with Gasteiger partial charge in [0.15, 0.2) is 0 Å². The fourth-order valence-electron chi connectivity index (χ4n) is 2.70. The fourth-order valence-corrected chi connectivity index (χ4v) is 3.12. The van der Waals surface area contributed by atoms with Crippen molar-refractivity contribution in [3.8, 4) is 0 Å². The number of aliphatic carboxylic acids is 1. The number of carboxylic acid groups (broad SMARTS) is 1. The maximum Gasteiger partial charge on any atom is 0.308 e. The zero-order valence-electron chi connectivity index (χ0n) is 12.6. The molecule has 1 unspecified atom stereocenters. The molecule has 126 valence electrons. The Kier molecular flexibility index (Phi) is 6.53. The summed E-state index contributed by atoms with van der Waals surface area (Å²) in [5.74, 6) is -2.16. The van der Waals surface area contributed by atoms with Crippen LogP contribution in [0.2, 0.25) is 0 Å². The van der Waals surface area contributed by atoms with Crippen molar-refractivity contribution < 1.29 is 23.8 Å². The van der Waals surface area contributed by atoms with Gasteiger partial charge in [-0.15, -0.1) is 0 Å². The van der Waals surface area contributed by atoms with Crippen LogP contribution in [0.1, 0.15) is 18.4 Å². The molecule has 0 radical (unpaired) electrons. The van der Waals surface area contributed by atoms with Crippen LogP contribution < -0.4 is 5.32 Å². The van der Waals surface area contributed by atoms with Crippen LogP contribution in [-0.2, 0) is 20.7 Å². The lowest BCUT2D eigenvalue weighted by Gasteiger charge is -2.27. The number of carbonyl (C=O) groups excluding carboxylic acids is 1. The molecule has 1 aliphatic heterocycles. The van der Waals surface area contributed by atoms with Gasteiger partial charge in [0, 0.05) is 19.8 Å². The lowest BCUT2D eigenvalue weighted by Crippen LogP contribution is -2.39. The van der Waals surface area contributed by atoms with Gasteiger partial charge < -0.3 is 15.2 Å².